The average molecular weight is 476 g/mol. The fourth-order valence-corrected chi connectivity index (χ4v) is 5.52. The van der Waals surface area contributed by atoms with E-state index in [4.69, 9.17) is 0 Å². The summed E-state index contributed by atoms with van der Waals surface area (Å²) in [6.45, 7) is 5.86. The summed E-state index contributed by atoms with van der Waals surface area (Å²) in [5.74, 6) is -1.55. The molecule has 3 N–H and O–H groups in total. The van der Waals surface area contributed by atoms with Crippen molar-refractivity contribution in [3.05, 3.63) is 106 Å². The van der Waals surface area contributed by atoms with Gasteiger partial charge in [-0.3, -0.25) is 14.5 Å². The number of aryl methyl sites for hydroxylation is 3. The van der Waals surface area contributed by atoms with E-state index in [1.807, 2.05) is 87.5 Å². The highest BCUT2D eigenvalue weighted by Crippen LogP contribution is 2.46. The quantitative estimate of drug-likeness (QED) is 0.165. The molecule has 178 valence electrons. The molecule has 1 aliphatic rings. The Morgan fingerprint density at radius 2 is 1.50 bits per heavy atom. The van der Waals surface area contributed by atoms with Crippen molar-refractivity contribution < 1.29 is 14.7 Å². The van der Waals surface area contributed by atoms with E-state index in [-0.39, 0.29) is 11.3 Å². The van der Waals surface area contributed by atoms with Crippen LogP contribution in [0, 0.1) is 20.8 Å². The Kier molecular flexibility index (Phi) is 4.86. The number of benzene rings is 3. The van der Waals surface area contributed by atoms with E-state index >= 15 is 0 Å². The van der Waals surface area contributed by atoms with Crippen molar-refractivity contribution in [2.45, 2.75) is 26.8 Å². The van der Waals surface area contributed by atoms with Gasteiger partial charge in [-0.2, -0.15) is 0 Å². The number of nitrogens with one attached hydrogen (secondary N) is 2. The Hall–Kier alpha value is -4.58. The largest absolute Gasteiger partial charge is 0.507 e. The monoisotopic (exact) mass is 475 g/mol. The summed E-state index contributed by atoms with van der Waals surface area (Å²) in [5, 5.41) is 13.3. The molecule has 0 bridgehead atoms. The first-order valence-corrected chi connectivity index (χ1v) is 11.9. The Balaban J connectivity index is 1.68. The molecule has 6 rings (SSSR count). The summed E-state index contributed by atoms with van der Waals surface area (Å²) < 4.78 is 0. The summed E-state index contributed by atoms with van der Waals surface area (Å²) in [5.41, 5.74) is 6.54. The molecule has 1 fully saturated rings. The van der Waals surface area contributed by atoms with Crippen LogP contribution in [0.2, 0.25) is 0 Å². The maximum atomic E-state index is 13.7. The highest BCUT2D eigenvalue weighted by atomic mass is 16.3. The summed E-state index contributed by atoms with van der Waals surface area (Å²) in [6, 6.07) is 20.4. The van der Waals surface area contributed by atoms with Gasteiger partial charge in [0.05, 0.1) is 11.6 Å². The van der Waals surface area contributed by atoms with Gasteiger partial charge in [0.1, 0.15) is 5.76 Å². The lowest BCUT2D eigenvalue weighted by atomic mass is 9.93. The first-order chi connectivity index (χ1) is 17.3. The lowest BCUT2D eigenvalue weighted by Gasteiger charge is -2.26. The minimum absolute atomic E-state index is 0.0803. The number of hydrogen-bond donors (Lipinski definition) is 3. The number of ketones is 1. The van der Waals surface area contributed by atoms with E-state index in [2.05, 4.69) is 9.97 Å². The predicted molar refractivity (Wildman–Crippen MR) is 142 cm³/mol. The molecule has 1 unspecified atom stereocenters. The van der Waals surface area contributed by atoms with Gasteiger partial charge in [0.15, 0.2) is 0 Å². The molecule has 6 heteroatoms. The zero-order valence-electron chi connectivity index (χ0n) is 20.2. The first-order valence-electron chi connectivity index (χ1n) is 11.9. The third-order valence-corrected chi connectivity index (χ3v) is 6.99. The molecular weight excluding hydrogens is 450 g/mol. The smallest absolute Gasteiger partial charge is 0.300 e. The van der Waals surface area contributed by atoms with Crippen molar-refractivity contribution in [1.82, 2.24) is 9.97 Å². The maximum Gasteiger partial charge on any atom is 0.300 e. The standard InChI is InChI=1S/C30H25N3O3/c1-16-12-17(2)14-19(13-16)33-27(25-18(3)32-24-11-7-5-9-21(24)25)26(29(35)30(33)36)28(34)22-15-31-23-10-6-4-8-20(22)23/h4-15,27,31-32,34H,1-3H3/b28-26+. The van der Waals surface area contributed by atoms with Crippen LogP contribution in [0.15, 0.2) is 78.5 Å². The van der Waals surface area contributed by atoms with E-state index < -0.39 is 17.7 Å². The molecule has 1 saturated heterocycles. The number of Topliss-reactive ketones (excluding diaryl/α,β-unsaturated/α-hetero) is 1. The van der Waals surface area contributed by atoms with Gasteiger partial charge in [0.25, 0.3) is 11.7 Å². The number of amides is 1. The molecule has 3 heterocycles. The van der Waals surface area contributed by atoms with Gasteiger partial charge in [-0.25, -0.2) is 0 Å². The molecule has 2 aromatic heterocycles. The number of anilines is 1. The lowest BCUT2D eigenvalue weighted by molar-refractivity contribution is -0.132. The number of aromatic nitrogens is 2. The number of H-pyrrole nitrogens is 2. The van der Waals surface area contributed by atoms with E-state index in [1.54, 1.807) is 6.20 Å². The van der Waals surface area contributed by atoms with Crippen LogP contribution in [0.4, 0.5) is 5.69 Å². The fourth-order valence-electron chi connectivity index (χ4n) is 5.52. The molecule has 0 spiro atoms. The Morgan fingerprint density at radius 3 is 2.22 bits per heavy atom. The van der Waals surface area contributed by atoms with E-state index in [1.165, 1.54) is 4.90 Å². The van der Waals surface area contributed by atoms with Crippen molar-refractivity contribution in [1.29, 1.82) is 0 Å². The number of aliphatic hydroxyl groups is 1. The first kappa shape index (κ1) is 21.9. The number of fused-ring (bicyclic) bond motifs is 2. The molecule has 1 amide bonds. The van der Waals surface area contributed by atoms with E-state index in [0.717, 1.165) is 44.2 Å². The van der Waals surface area contributed by atoms with Crippen molar-refractivity contribution in [2.75, 3.05) is 4.90 Å². The molecule has 3 aromatic carbocycles. The van der Waals surface area contributed by atoms with Gasteiger partial charge in [-0.15, -0.1) is 0 Å². The maximum absolute atomic E-state index is 13.7. The van der Waals surface area contributed by atoms with Gasteiger partial charge in [0.2, 0.25) is 0 Å². The lowest BCUT2D eigenvalue weighted by Crippen LogP contribution is -2.29. The number of para-hydroxylation sites is 2. The topological polar surface area (TPSA) is 89.2 Å². The zero-order valence-corrected chi connectivity index (χ0v) is 20.2. The van der Waals surface area contributed by atoms with Crippen LogP contribution < -0.4 is 4.90 Å². The minimum atomic E-state index is -0.795. The second-order valence-electron chi connectivity index (χ2n) is 9.47. The number of carbonyl (C=O) groups excluding carboxylic acids is 2. The molecule has 1 aliphatic heterocycles. The normalized spacial score (nSPS) is 17.5. The van der Waals surface area contributed by atoms with Crippen molar-refractivity contribution in [2.24, 2.45) is 0 Å². The molecule has 0 saturated carbocycles. The summed E-state index contributed by atoms with van der Waals surface area (Å²) >= 11 is 0. The van der Waals surface area contributed by atoms with Crippen LogP contribution in [0.1, 0.15) is 34.0 Å². The van der Waals surface area contributed by atoms with Crippen LogP contribution in [0.5, 0.6) is 0 Å². The summed E-state index contributed by atoms with van der Waals surface area (Å²) in [7, 11) is 0. The summed E-state index contributed by atoms with van der Waals surface area (Å²) in [4.78, 5) is 35.4. The second kappa shape index (κ2) is 7.99. The van der Waals surface area contributed by atoms with Gasteiger partial charge < -0.3 is 15.1 Å². The van der Waals surface area contributed by atoms with Crippen LogP contribution in [-0.2, 0) is 9.59 Å². The van der Waals surface area contributed by atoms with Crippen molar-refractivity contribution in [3.63, 3.8) is 0 Å². The molecule has 0 aliphatic carbocycles. The van der Waals surface area contributed by atoms with Crippen LogP contribution in [0.25, 0.3) is 27.6 Å². The molecule has 6 nitrogen and oxygen atoms in total. The summed E-state index contributed by atoms with van der Waals surface area (Å²) in [6.07, 6.45) is 1.68. The predicted octanol–water partition coefficient (Wildman–Crippen LogP) is 6.20. The SMILES string of the molecule is Cc1cc(C)cc(N2C(=O)C(=O)/C(=C(/O)c3c[nH]c4ccccc34)C2c2c(C)[nH]c3ccccc23)c1. The molecule has 1 atom stereocenters. The number of nitrogens with zero attached hydrogens (tertiary/aromatic N) is 1. The van der Waals surface area contributed by atoms with Gasteiger partial charge in [-0.05, 0) is 56.2 Å². The van der Waals surface area contributed by atoms with Crippen molar-refractivity contribution >= 4 is 44.9 Å². The molecule has 36 heavy (non-hydrogen) atoms. The molecule has 5 aromatic rings. The van der Waals surface area contributed by atoms with Gasteiger partial charge >= 0.3 is 0 Å². The number of carbonyl (C=O) groups is 2. The third-order valence-electron chi connectivity index (χ3n) is 6.99. The van der Waals surface area contributed by atoms with E-state index in [9.17, 15) is 14.7 Å². The highest BCUT2D eigenvalue weighted by Gasteiger charge is 2.48. The number of aliphatic hydroxyl groups excluding tert-OH is 1. The van der Waals surface area contributed by atoms with Gasteiger partial charge in [0, 0.05) is 50.5 Å². The molecule has 0 radical (unpaired) electrons. The Bertz CT molecular complexity index is 1720. The number of hydrogen-bond acceptors (Lipinski definition) is 3. The molecular formula is C30H25N3O3. The Morgan fingerprint density at radius 1 is 0.861 bits per heavy atom. The van der Waals surface area contributed by atoms with Crippen LogP contribution >= 0.6 is 0 Å². The Labute approximate surface area is 207 Å². The third kappa shape index (κ3) is 3.18. The number of rotatable bonds is 3. The number of aromatic amines is 2. The second-order valence-corrected chi connectivity index (χ2v) is 9.47. The van der Waals surface area contributed by atoms with Gasteiger partial charge in [-0.1, -0.05) is 42.5 Å². The van der Waals surface area contributed by atoms with Crippen LogP contribution in [-0.4, -0.2) is 26.8 Å². The van der Waals surface area contributed by atoms with E-state index in [0.29, 0.717) is 11.3 Å². The van der Waals surface area contributed by atoms with Crippen LogP contribution in [0.3, 0.4) is 0 Å². The van der Waals surface area contributed by atoms with Crippen molar-refractivity contribution in [3.8, 4) is 0 Å². The zero-order chi connectivity index (χ0) is 25.1. The fraction of sp³-hybridized carbons (Fsp3) is 0.133. The highest BCUT2D eigenvalue weighted by molar-refractivity contribution is 6.52. The minimum Gasteiger partial charge on any atom is -0.507 e. The average Bonchev–Trinajstić information content (AvgIpc) is 3.49.